The molecule has 19 heteroatoms. The van der Waals surface area contributed by atoms with Crippen molar-refractivity contribution in [2.45, 2.75) is 183 Å². The Balaban J connectivity index is 0.707. The lowest BCUT2D eigenvalue weighted by atomic mass is 9.83. The Morgan fingerprint density at radius 3 is 2.14 bits per heavy atom. The Labute approximate surface area is 509 Å². The molecule has 10 rings (SSSR count). The summed E-state index contributed by atoms with van der Waals surface area (Å²) in [7, 11) is 3.30. The van der Waals surface area contributed by atoms with Crippen LogP contribution in [0.25, 0.3) is 0 Å². The molecule has 0 bridgehead atoms. The topological polar surface area (TPSA) is 196 Å². The standard InChI is InChI=1S/C66H84N8O9S2/c1-40-34-55(80-8)52(63(78)73-32-30-72(31-33-73)42(3)75)37-56(40)84-57-38-68-65(85-57)71-62-58(83-62)44-24-27-49(28-25-44)81-47-18-10-12-20-48(21-13-11-19-47)82-50-29-26-45-36-54(61(77)69-53-23-15-17-43-16-9-14-22-51(43)53)74(39-46(45)35-50)64(79)59(66(4,5)6)70-60(76)41(2)67-7/h9,14,16,22,24-29,34-35,37-38,41,47-48,53-54,58-59,62,67H,10-13,15,17-21,23,30-33,36,39H2,1-8H3,(H,68,71)(H,69,77)(H,70,76)/t41-,47?,48?,53+,54-,58?,59+,62?/m0/s1. The predicted octanol–water partition coefficient (Wildman–Crippen LogP) is 10.3. The van der Waals surface area contributed by atoms with Crippen LogP contribution in [-0.2, 0) is 43.3 Å². The number of nitrogens with one attached hydrogen (secondary N) is 4. The van der Waals surface area contributed by atoms with Gasteiger partial charge in [0.2, 0.25) is 23.6 Å². The van der Waals surface area contributed by atoms with Gasteiger partial charge in [-0.15, -0.1) is 0 Å². The van der Waals surface area contributed by atoms with Crippen molar-refractivity contribution in [2.75, 3.05) is 45.7 Å². The lowest BCUT2D eigenvalue weighted by molar-refractivity contribution is -0.147. The van der Waals surface area contributed by atoms with E-state index in [9.17, 15) is 24.0 Å². The van der Waals surface area contributed by atoms with E-state index in [1.807, 2.05) is 76.4 Å². The molecule has 6 atom stereocenters. The fourth-order valence-corrected chi connectivity index (χ4v) is 14.2. The molecular weight excluding hydrogens is 1110 g/mol. The summed E-state index contributed by atoms with van der Waals surface area (Å²) >= 11 is 3.10. The second-order valence-electron chi connectivity index (χ2n) is 24.5. The zero-order valence-electron chi connectivity index (χ0n) is 50.5. The lowest BCUT2D eigenvalue weighted by Crippen LogP contribution is -2.62. The number of hydrogen-bond donors (Lipinski definition) is 4. The fraction of sp³-hybridized carbons (Fsp3) is 0.515. The number of aromatic nitrogens is 1. The number of benzene rings is 4. The van der Waals surface area contributed by atoms with Gasteiger partial charge in [0.15, 0.2) is 11.4 Å². The summed E-state index contributed by atoms with van der Waals surface area (Å²) in [6.07, 6.45) is 12.6. The molecule has 17 nitrogen and oxygen atoms in total. The monoisotopic (exact) mass is 1200 g/mol. The minimum atomic E-state index is -0.864. The predicted molar refractivity (Wildman–Crippen MR) is 330 cm³/mol. The number of fused-ring (bicyclic) bond motifs is 2. The smallest absolute Gasteiger partial charge is 0.257 e. The number of ether oxygens (including phenoxy) is 4. The van der Waals surface area contributed by atoms with Gasteiger partial charge in [-0.2, -0.15) is 0 Å². The van der Waals surface area contributed by atoms with Crippen LogP contribution in [0.4, 0.5) is 5.13 Å². The molecule has 0 radical (unpaired) electrons. The average molecular weight is 1200 g/mol. The quantitative estimate of drug-likeness (QED) is 0.0643. The normalized spacial score (nSPS) is 22.4. The Bertz CT molecular complexity index is 3180. The Hall–Kier alpha value is -6.67. The van der Waals surface area contributed by atoms with Crippen molar-refractivity contribution in [3.63, 3.8) is 0 Å². The van der Waals surface area contributed by atoms with Crippen molar-refractivity contribution in [2.24, 2.45) is 5.41 Å². The number of likely N-dealkylation sites (N-methyl/N-ethyl adjacent to an activating group) is 1. The molecular formula is C66H84N8O9S2. The summed E-state index contributed by atoms with van der Waals surface area (Å²) in [5.74, 6) is 1.32. The second kappa shape index (κ2) is 27.4. The first-order valence-electron chi connectivity index (χ1n) is 30.4. The first-order chi connectivity index (χ1) is 40.9. The van der Waals surface area contributed by atoms with E-state index >= 15 is 0 Å². The molecule has 2 unspecified atom stereocenters. The SMILES string of the molecule is CN[C@@H](C)C(=O)N[C@H](C(=O)N1Cc2cc(OC3CCCCC(Oc4ccc(C5OC5Nc5ncc(Sc6cc(C(=O)N7CCN(C(C)=O)CC7)c(OC)cc6C)s5)cc4)CCCC3)ccc2C[C@H]1C(=O)N[C@@H]1CCCc2ccccc21)C(C)(C)C. The van der Waals surface area contributed by atoms with E-state index in [1.165, 1.54) is 16.9 Å². The highest BCUT2D eigenvalue weighted by molar-refractivity contribution is 8.01. The van der Waals surface area contributed by atoms with Crippen molar-refractivity contribution in [3.05, 3.63) is 124 Å². The van der Waals surface area contributed by atoms with Crippen molar-refractivity contribution < 1.29 is 42.9 Å². The summed E-state index contributed by atoms with van der Waals surface area (Å²) in [6, 6.07) is 24.2. The summed E-state index contributed by atoms with van der Waals surface area (Å²) in [6.45, 7) is 13.4. The number of epoxide rings is 1. The van der Waals surface area contributed by atoms with Crippen LogP contribution in [-0.4, -0.2) is 126 Å². The van der Waals surface area contributed by atoms with E-state index in [2.05, 4.69) is 62.6 Å². The molecule has 4 aromatic carbocycles. The van der Waals surface area contributed by atoms with Crippen LogP contribution in [0.5, 0.6) is 17.2 Å². The summed E-state index contributed by atoms with van der Waals surface area (Å²) in [5.41, 5.74) is 6.27. The number of carbonyl (C=O) groups excluding carboxylic acids is 5. The highest BCUT2D eigenvalue weighted by Gasteiger charge is 2.44. The van der Waals surface area contributed by atoms with Gasteiger partial charge in [-0.05, 0) is 167 Å². The minimum Gasteiger partial charge on any atom is -0.496 e. The number of anilines is 1. The molecule has 5 amide bonds. The van der Waals surface area contributed by atoms with E-state index in [0.717, 1.165) is 124 Å². The number of rotatable bonds is 17. The highest BCUT2D eigenvalue weighted by atomic mass is 32.2. The van der Waals surface area contributed by atoms with Crippen LogP contribution >= 0.6 is 23.1 Å². The van der Waals surface area contributed by atoms with Crippen LogP contribution in [0.2, 0.25) is 0 Å². The van der Waals surface area contributed by atoms with Gasteiger partial charge < -0.3 is 54.9 Å². The van der Waals surface area contributed by atoms with E-state index in [1.54, 1.807) is 54.5 Å². The highest BCUT2D eigenvalue weighted by Crippen LogP contribution is 2.43. The zero-order valence-corrected chi connectivity index (χ0v) is 52.1. The average Bonchev–Trinajstić information content (AvgIpc) is 4.36. The number of nitrogens with zero attached hydrogens (tertiary/aromatic N) is 4. The van der Waals surface area contributed by atoms with E-state index < -0.39 is 23.5 Å². The number of carbonyl (C=O) groups is 5. The third kappa shape index (κ3) is 15.1. The van der Waals surface area contributed by atoms with Crippen LogP contribution in [0.15, 0.2) is 94.2 Å². The molecule has 2 saturated heterocycles. The molecule has 2 aliphatic carbocycles. The summed E-state index contributed by atoms with van der Waals surface area (Å²) < 4.78 is 26.1. The largest absolute Gasteiger partial charge is 0.496 e. The second-order valence-corrected chi connectivity index (χ2v) is 26.9. The maximum atomic E-state index is 14.9. The third-order valence-corrected chi connectivity index (χ3v) is 19.6. The van der Waals surface area contributed by atoms with E-state index in [4.69, 9.17) is 18.9 Å². The third-order valence-electron chi connectivity index (χ3n) is 17.4. The maximum Gasteiger partial charge on any atom is 0.257 e. The Morgan fingerprint density at radius 1 is 0.800 bits per heavy atom. The molecule has 1 aromatic heterocycles. The molecule has 3 fully saturated rings. The molecule has 0 spiro atoms. The molecule has 5 aromatic rings. The van der Waals surface area contributed by atoms with E-state index in [0.29, 0.717) is 43.9 Å². The Morgan fingerprint density at radius 2 is 1.47 bits per heavy atom. The number of hydrogen-bond acceptors (Lipinski definition) is 14. The van der Waals surface area contributed by atoms with Gasteiger partial charge in [-0.25, -0.2) is 4.98 Å². The van der Waals surface area contributed by atoms with Gasteiger partial charge in [0.1, 0.15) is 35.4 Å². The van der Waals surface area contributed by atoms with Crippen molar-refractivity contribution in [1.82, 2.24) is 35.6 Å². The molecule has 4 heterocycles. The molecule has 3 aliphatic heterocycles. The molecule has 85 heavy (non-hydrogen) atoms. The van der Waals surface area contributed by atoms with Crippen LogP contribution in [0.1, 0.15) is 155 Å². The number of piperazine rings is 1. The van der Waals surface area contributed by atoms with Crippen LogP contribution < -0.4 is 35.5 Å². The lowest BCUT2D eigenvalue weighted by Gasteiger charge is -2.42. The maximum absolute atomic E-state index is 14.9. The first-order valence-corrected chi connectivity index (χ1v) is 32.1. The van der Waals surface area contributed by atoms with Gasteiger partial charge in [-0.3, -0.25) is 24.0 Å². The number of amides is 5. The molecule has 454 valence electrons. The van der Waals surface area contributed by atoms with E-state index in [-0.39, 0.29) is 66.7 Å². The van der Waals surface area contributed by atoms with Gasteiger partial charge in [0, 0.05) is 51.0 Å². The molecule has 1 saturated carbocycles. The van der Waals surface area contributed by atoms with Gasteiger partial charge in [0.25, 0.3) is 5.91 Å². The number of aryl methyl sites for hydroxylation is 2. The number of methoxy groups -OCH3 is 1. The summed E-state index contributed by atoms with van der Waals surface area (Å²) in [5, 5.41) is 13.6. The fourth-order valence-electron chi connectivity index (χ4n) is 12.2. The molecule has 5 aliphatic rings. The van der Waals surface area contributed by atoms with Crippen molar-refractivity contribution >= 4 is 57.8 Å². The van der Waals surface area contributed by atoms with Crippen molar-refractivity contribution in [1.29, 1.82) is 0 Å². The zero-order chi connectivity index (χ0) is 59.9. The van der Waals surface area contributed by atoms with Gasteiger partial charge in [0.05, 0.1) is 47.4 Å². The molecule has 4 N–H and O–H groups in total. The van der Waals surface area contributed by atoms with Gasteiger partial charge >= 0.3 is 0 Å². The van der Waals surface area contributed by atoms with Crippen LogP contribution in [0.3, 0.4) is 0 Å². The minimum absolute atomic E-state index is 0.0203. The Kier molecular flexibility index (Phi) is 19.8. The number of thiazole rings is 1. The van der Waals surface area contributed by atoms with Crippen LogP contribution in [0, 0.1) is 12.3 Å². The van der Waals surface area contributed by atoms with Gasteiger partial charge in [-0.1, -0.05) is 86.3 Å². The first kappa shape index (κ1) is 61.4. The van der Waals surface area contributed by atoms with Crippen molar-refractivity contribution in [3.8, 4) is 17.2 Å². The summed E-state index contributed by atoms with van der Waals surface area (Å²) in [4.78, 5) is 79.2.